The molecule has 1 aromatic rings. The van der Waals surface area contributed by atoms with Crippen LogP contribution in [-0.2, 0) is 20.4 Å². The molecule has 0 aromatic heterocycles. The molecule has 1 amide bonds. The van der Waals surface area contributed by atoms with Crippen LogP contribution in [0.25, 0.3) is 0 Å². The summed E-state index contributed by atoms with van der Waals surface area (Å²) >= 11 is 0. The van der Waals surface area contributed by atoms with Gasteiger partial charge < -0.3 is 5.32 Å². The molecule has 2 aliphatic rings. The molecular formula is C20H30FN3O3S. The molecule has 0 spiro atoms. The second kappa shape index (κ2) is 8.47. The number of hydrogen-bond donors (Lipinski definition) is 1. The number of amides is 1. The molecule has 2 fully saturated rings. The van der Waals surface area contributed by atoms with Crippen molar-refractivity contribution >= 4 is 16.1 Å². The van der Waals surface area contributed by atoms with Crippen LogP contribution in [0.15, 0.2) is 24.3 Å². The van der Waals surface area contributed by atoms with Crippen molar-refractivity contribution in [3.63, 3.8) is 0 Å². The fourth-order valence-electron chi connectivity index (χ4n) is 4.42. The molecule has 28 heavy (non-hydrogen) atoms. The summed E-state index contributed by atoms with van der Waals surface area (Å²) in [6, 6.07) is 6.59. The third-order valence-corrected chi connectivity index (χ3v) is 8.07. The topological polar surface area (TPSA) is 69.7 Å². The van der Waals surface area contributed by atoms with Crippen LogP contribution in [0.3, 0.4) is 0 Å². The predicted octanol–water partition coefficient (Wildman–Crippen LogP) is 2.27. The Hall–Kier alpha value is -1.51. The van der Waals surface area contributed by atoms with Crippen molar-refractivity contribution in [3.05, 3.63) is 35.6 Å². The monoisotopic (exact) mass is 411 g/mol. The molecule has 1 aliphatic heterocycles. The van der Waals surface area contributed by atoms with Gasteiger partial charge in [0.15, 0.2) is 0 Å². The van der Waals surface area contributed by atoms with E-state index in [0.29, 0.717) is 25.9 Å². The van der Waals surface area contributed by atoms with Crippen molar-refractivity contribution in [2.45, 2.75) is 43.9 Å². The first-order valence-electron chi connectivity index (χ1n) is 9.96. The lowest BCUT2D eigenvalue weighted by Crippen LogP contribution is -2.50. The van der Waals surface area contributed by atoms with Gasteiger partial charge in [-0.05, 0) is 43.4 Å². The van der Waals surface area contributed by atoms with E-state index in [1.807, 2.05) is 12.1 Å². The van der Waals surface area contributed by atoms with Crippen LogP contribution in [0.5, 0.6) is 0 Å². The summed E-state index contributed by atoms with van der Waals surface area (Å²) in [4.78, 5) is 12.8. The first-order chi connectivity index (χ1) is 13.2. The molecule has 1 aliphatic carbocycles. The predicted molar refractivity (Wildman–Crippen MR) is 106 cm³/mol. The minimum Gasteiger partial charge on any atom is -0.355 e. The highest BCUT2D eigenvalue weighted by Gasteiger charge is 2.38. The van der Waals surface area contributed by atoms with E-state index in [-0.39, 0.29) is 29.6 Å². The zero-order valence-electron chi connectivity index (χ0n) is 16.7. The van der Waals surface area contributed by atoms with Gasteiger partial charge in [0.25, 0.3) is 10.2 Å². The van der Waals surface area contributed by atoms with Gasteiger partial charge in [0.1, 0.15) is 5.82 Å². The minimum atomic E-state index is -3.50. The molecule has 1 aromatic carbocycles. The fourth-order valence-corrected chi connectivity index (χ4v) is 5.61. The summed E-state index contributed by atoms with van der Waals surface area (Å²) in [6.45, 7) is 1.17. The van der Waals surface area contributed by atoms with Gasteiger partial charge in [0.05, 0.1) is 5.92 Å². The molecule has 8 heteroatoms. The molecule has 6 nitrogen and oxygen atoms in total. The number of benzene rings is 1. The van der Waals surface area contributed by atoms with Crippen LogP contribution in [0.4, 0.5) is 4.39 Å². The first kappa shape index (κ1) is 21.2. The Morgan fingerprint density at radius 3 is 2.46 bits per heavy atom. The number of halogens is 1. The molecule has 0 radical (unpaired) electrons. The van der Waals surface area contributed by atoms with E-state index in [1.165, 1.54) is 34.8 Å². The zero-order valence-corrected chi connectivity index (χ0v) is 17.5. The lowest BCUT2D eigenvalue weighted by Gasteiger charge is -2.34. The summed E-state index contributed by atoms with van der Waals surface area (Å²) in [5.41, 5.74) is 0.903. The molecular weight excluding hydrogens is 381 g/mol. The van der Waals surface area contributed by atoms with E-state index in [1.54, 1.807) is 0 Å². The third-order valence-electron chi connectivity index (χ3n) is 6.16. The molecule has 1 N–H and O–H groups in total. The van der Waals surface area contributed by atoms with Crippen LogP contribution < -0.4 is 5.32 Å². The quantitative estimate of drug-likeness (QED) is 0.781. The summed E-state index contributed by atoms with van der Waals surface area (Å²) in [7, 11) is -0.494. The van der Waals surface area contributed by atoms with Gasteiger partial charge in [-0.1, -0.05) is 25.0 Å². The van der Waals surface area contributed by atoms with Crippen LogP contribution in [0, 0.1) is 11.7 Å². The maximum atomic E-state index is 13.3. The Kier molecular flexibility index (Phi) is 6.41. The van der Waals surface area contributed by atoms with Gasteiger partial charge in [-0.2, -0.15) is 17.0 Å². The molecule has 1 saturated heterocycles. The Morgan fingerprint density at radius 2 is 1.86 bits per heavy atom. The van der Waals surface area contributed by atoms with Crippen LogP contribution in [-0.4, -0.2) is 56.7 Å². The summed E-state index contributed by atoms with van der Waals surface area (Å²) in [6.07, 6.45) is 5.47. The highest BCUT2D eigenvalue weighted by molar-refractivity contribution is 7.86. The van der Waals surface area contributed by atoms with Crippen molar-refractivity contribution in [2.24, 2.45) is 5.92 Å². The van der Waals surface area contributed by atoms with Gasteiger partial charge in [-0.3, -0.25) is 4.79 Å². The largest absolute Gasteiger partial charge is 0.355 e. The summed E-state index contributed by atoms with van der Waals surface area (Å²) < 4.78 is 40.7. The Labute approximate surface area is 167 Å². The Balaban J connectivity index is 1.66. The van der Waals surface area contributed by atoms with Crippen LogP contribution in [0.1, 0.15) is 44.1 Å². The molecule has 1 saturated carbocycles. The maximum Gasteiger partial charge on any atom is 0.281 e. The van der Waals surface area contributed by atoms with Gasteiger partial charge in [0, 0.05) is 39.1 Å². The van der Waals surface area contributed by atoms with E-state index in [0.717, 1.165) is 31.2 Å². The molecule has 3 rings (SSSR count). The maximum absolute atomic E-state index is 13.3. The standard InChI is InChI=1S/C20H30FN3O3S/c1-23(2)28(26,27)24-13-5-6-16(14-24)19(25)22-15-20(11-3-4-12-20)17-7-9-18(21)10-8-17/h7-10,16H,3-6,11-15H2,1-2H3,(H,22,25)/t16-/m1/s1. The average Bonchev–Trinajstić information content (AvgIpc) is 3.16. The normalized spacial score (nSPS) is 23.1. The van der Waals surface area contributed by atoms with E-state index in [9.17, 15) is 17.6 Å². The number of carbonyl (C=O) groups is 1. The number of nitrogens with zero attached hydrogens (tertiary/aromatic N) is 2. The van der Waals surface area contributed by atoms with Gasteiger partial charge in [-0.25, -0.2) is 4.39 Å². The molecule has 0 unspecified atom stereocenters. The lowest BCUT2D eigenvalue weighted by molar-refractivity contribution is -0.126. The van der Waals surface area contributed by atoms with Crippen molar-refractivity contribution in [3.8, 4) is 0 Å². The first-order valence-corrected chi connectivity index (χ1v) is 11.4. The van der Waals surface area contributed by atoms with Crippen LogP contribution in [0.2, 0.25) is 0 Å². The summed E-state index contributed by atoms with van der Waals surface area (Å²) in [5, 5.41) is 3.08. The number of nitrogens with one attached hydrogen (secondary N) is 1. The third kappa shape index (κ3) is 4.39. The van der Waals surface area contributed by atoms with Crippen molar-refractivity contribution in [1.82, 2.24) is 13.9 Å². The smallest absolute Gasteiger partial charge is 0.281 e. The Bertz CT molecular complexity index is 789. The summed E-state index contributed by atoms with van der Waals surface area (Å²) in [5.74, 6) is -0.687. The van der Waals surface area contributed by atoms with Crippen molar-refractivity contribution < 1.29 is 17.6 Å². The second-order valence-electron chi connectivity index (χ2n) is 8.20. The molecule has 1 heterocycles. The van der Waals surface area contributed by atoms with Crippen LogP contribution >= 0.6 is 0 Å². The van der Waals surface area contributed by atoms with E-state index >= 15 is 0 Å². The van der Waals surface area contributed by atoms with E-state index < -0.39 is 10.2 Å². The van der Waals surface area contributed by atoms with Crippen molar-refractivity contribution in [1.29, 1.82) is 0 Å². The number of hydrogen-bond acceptors (Lipinski definition) is 3. The van der Waals surface area contributed by atoms with Gasteiger partial charge in [0.2, 0.25) is 5.91 Å². The van der Waals surface area contributed by atoms with Gasteiger partial charge in [-0.15, -0.1) is 0 Å². The fraction of sp³-hybridized carbons (Fsp3) is 0.650. The van der Waals surface area contributed by atoms with E-state index in [4.69, 9.17) is 0 Å². The van der Waals surface area contributed by atoms with E-state index in [2.05, 4.69) is 5.32 Å². The number of piperidine rings is 1. The number of carbonyl (C=O) groups excluding carboxylic acids is 1. The highest BCUT2D eigenvalue weighted by atomic mass is 32.2. The van der Waals surface area contributed by atoms with Crippen molar-refractivity contribution in [2.75, 3.05) is 33.7 Å². The molecule has 1 atom stereocenters. The minimum absolute atomic E-state index is 0.0907. The zero-order chi connectivity index (χ0) is 20.4. The van der Waals surface area contributed by atoms with Gasteiger partial charge >= 0.3 is 0 Å². The number of rotatable bonds is 6. The molecule has 0 bridgehead atoms. The Morgan fingerprint density at radius 1 is 1.21 bits per heavy atom. The molecule has 156 valence electrons. The highest BCUT2D eigenvalue weighted by Crippen LogP contribution is 2.40. The SMILES string of the molecule is CN(C)S(=O)(=O)N1CCC[C@@H](C(=O)NCC2(c3ccc(F)cc3)CCCC2)C1. The lowest BCUT2D eigenvalue weighted by atomic mass is 9.78. The average molecular weight is 412 g/mol. The second-order valence-corrected chi connectivity index (χ2v) is 10.3.